The second-order valence-electron chi connectivity index (χ2n) is 15.1. The van der Waals surface area contributed by atoms with Crippen LogP contribution in [0.5, 0.6) is 6.01 Å². The van der Waals surface area contributed by atoms with Gasteiger partial charge in [-0.25, -0.2) is 18.4 Å². The van der Waals surface area contributed by atoms with E-state index in [1.165, 1.54) is 17.0 Å². The topological polar surface area (TPSA) is 153 Å². The Balaban J connectivity index is 1.33. The summed E-state index contributed by atoms with van der Waals surface area (Å²) in [6.45, 7) is 6.91. The fraction of sp³-hybridized carbons (Fsp3) is 0.486. The smallest absolute Gasteiger partial charge is 0.412 e. The molecular weight excluding hydrogens is 709 g/mol. The van der Waals surface area contributed by atoms with Gasteiger partial charge in [0.05, 0.1) is 24.2 Å². The van der Waals surface area contributed by atoms with E-state index in [-0.39, 0.29) is 89.6 Å². The molecule has 0 aliphatic carbocycles. The van der Waals surface area contributed by atoms with E-state index in [2.05, 4.69) is 26.2 Å². The molecule has 2 N–H and O–H groups in total. The van der Waals surface area contributed by atoms with Crippen molar-refractivity contribution in [2.45, 2.75) is 83.4 Å². The first-order valence-electron chi connectivity index (χ1n) is 17.7. The molecule has 0 spiro atoms. The van der Waals surface area contributed by atoms with E-state index < -0.39 is 29.4 Å². The predicted octanol–water partition coefficient (Wildman–Crippen LogP) is 6.84. The maximum atomic E-state index is 17.6. The van der Waals surface area contributed by atoms with E-state index in [1.54, 1.807) is 20.8 Å². The zero-order valence-corrected chi connectivity index (χ0v) is 30.6. The van der Waals surface area contributed by atoms with Crippen molar-refractivity contribution in [1.29, 1.82) is 5.26 Å². The van der Waals surface area contributed by atoms with Crippen LogP contribution in [0, 0.1) is 23.0 Å². The third-order valence-electron chi connectivity index (χ3n) is 10.6. The quantitative estimate of drug-likeness (QED) is 0.213. The largest absolute Gasteiger partial charge is 0.465 e. The lowest BCUT2D eigenvalue weighted by Crippen LogP contribution is -2.55. The number of aromatic nitrogens is 2. The predicted molar refractivity (Wildman–Crippen MR) is 193 cm³/mol. The minimum atomic E-state index is -0.991. The number of ether oxygens (including phenoxy) is 3. The SMILES string of the molecule is CN1CCC[C@H]1COc1nc(N2C3CCC2CN(C(=O)O)C3)c2c3c(c(-c4c(F)ccc5sc(NC(=O)OC(C)(C)C)c(C#N)c45)c(F)c2n1)COC3. The van der Waals surface area contributed by atoms with Crippen LogP contribution >= 0.6 is 11.3 Å². The first-order valence-corrected chi connectivity index (χ1v) is 18.5. The summed E-state index contributed by atoms with van der Waals surface area (Å²) >= 11 is 1.06. The standard InChI is InChI=1S/C37H39F2N7O6S/c1-37(2,3)52-35(47)43-33-21(12-40)26-25(53-33)10-9-24(38)29(26)27-22-16-50-17-23(22)28-31(30(27)39)41-34(51-15-20-6-5-11-44(20)4)42-32(28)46-18-7-8-19(46)14-45(13-18)36(48)49/h9-10,18-20H,5-8,11,13-17H2,1-4H3,(H,43,47)(H,48,49)/t18?,19?,20-/m0/s1. The Bertz CT molecular complexity index is 2200. The molecule has 2 aromatic heterocycles. The number of likely N-dealkylation sites (tertiary alicyclic amines) is 2. The number of fused-ring (bicyclic) bond motifs is 6. The molecule has 2 amide bonds. The van der Waals surface area contributed by atoms with Crippen molar-refractivity contribution in [3.63, 3.8) is 0 Å². The van der Waals surface area contributed by atoms with E-state index in [0.29, 0.717) is 27.0 Å². The molecule has 4 aliphatic heterocycles. The number of carbonyl (C=O) groups is 2. The number of likely N-dealkylation sites (N-methyl/N-ethyl adjacent to an activating group) is 1. The van der Waals surface area contributed by atoms with Gasteiger partial charge in [-0.2, -0.15) is 15.2 Å². The molecule has 53 heavy (non-hydrogen) atoms. The summed E-state index contributed by atoms with van der Waals surface area (Å²) in [5, 5.41) is 23.5. The second kappa shape index (κ2) is 13.2. The van der Waals surface area contributed by atoms with Crippen LogP contribution in [-0.4, -0.2) is 94.1 Å². The van der Waals surface area contributed by atoms with Crippen molar-refractivity contribution in [3.8, 4) is 23.2 Å². The average Bonchev–Trinajstić information content (AvgIpc) is 3.88. The van der Waals surface area contributed by atoms with Crippen LogP contribution in [0.3, 0.4) is 0 Å². The molecule has 4 aliphatic rings. The minimum Gasteiger partial charge on any atom is -0.465 e. The van der Waals surface area contributed by atoms with Crippen LogP contribution in [0.15, 0.2) is 12.1 Å². The summed E-state index contributed by atoms with van der Waals surface area (Å²) in [6.07, 6.45) is 1.63. The second-order valence-corrected chi connectivity index (χ2v) is 16.2. The molecule has 3 fully saturated rings. The number of hydrogen-bond donors (Lipinski definition) is 2. The van der Waals surface area contributed by atoms with Gasteiger partial charge in [-0.1, -0.05) is 0 Å². The zero-order chi connectivity index (χ0) is 37.3. The van der Waals surface area contributed by atoms with E-state index in [4.69, 9.17) is 19.2 Å². The Labute approximate surface area is 308 Å². The Hall–Kier alpha value is -4.85. The van der Waals surface area contributed by atoms with Gasteiger partial charge in [0.25, 0.3) is 0 Å². The van der Waals surface area contributed by atoms with Gasteiger partial charge >= 0.3 is 18.2 Å². The fourth-order valence-corrected chi connectivity index (χ4v) is 9.32. The highest BCUT2D eigenvalue weighted by atomic mass is 32.1. The first kappa shape index (κ1) is 35.2. The van der Waals surface area contributed by atoms with Crippen molar-refractivity contribution in [3.05, 3.63) is 40.5 Å². The van der Waals surface area contributed by atoms with E-state index >= 15 is 8.78 Å². The molecule has 4 aromatic rings. The van der Waals surface area contributed by atoms with Gasteiger partial charge in [0, 0.05) is 52.4 Å². The summed E-state index contributed by atoms with van der Waals surface area (Å²) in [5.41, 5.74) is -0.152. The lowest BCUT2D eigenvalue weighted by molar-refractivity contribution is 0.0636. The lowest BCUT2D eigenvalue weighted by Gasteiger charge is -2.41. The maximum absolute atomic E-state index is 17.6. The third kappa shape index (κ3) is 6.14. The number of nitriles is 1. The van der Waals surface area contributed by atoms with Crippen LogP contribution in [0.1, 0.15) is 63.1 Å². The highest BCUT2D eigenvalue weighted by Gasteiger charge is 2.44. The summed E-state index contributed by atoms with van der Waals surface area (Å²) < 4.78 is 51.9. The molecule has 2 unspecified atom stereocenters. The first-order chi connectivity index (χ1) is 25.3. The fourth-order valence-electron chi connectivity index (χ4n) is 8.27. The van der Waals surface area contributed by atoms with Crippen molar-refractivity contribution in [2.24, 2.45) is 0 Å². The Kier molecular flexibility index (Phi) is 8.78. The summed E-state index contributed by atoms with van der Waals surface area (Å²) in [6, 6.07) is 4.50. The minimum absolute atomic E-state index is 0.0292. The lowest BCUT2D eigenvalue weighted by atomic mass is 9.90. The van der Waals surface area contributed by atoms with E-state index in [0.717, 1.165) is 43.6 Å². The van der Waals surface area contributed by atoms with Crippen molar-refractivity contribution in [1.82, 2.24) is 19.8 Å². The number of anilines is 2. The Morgan fingerprint density at radius 3 is 2.49 bits per heavy atom. The van der Waals surface area contributed by atoms with Crippen LogP contribution in [-0.2, 0) is 22.7 Å². The summed E-state index contributed by atoms with van der Waals surface area (Å²) in [7, 11) is 2.02. The number of nitrogens with one attached hydrogen (secondary N) is 1. The average molecular weight is 748 g/mol. The molecule has 0 radical (unpaired) electrons. The van der Waals surface area contributed by atoms with Crippen LogP contribution in [0.2, 0.25) is 0 Å². The maximum Gasteiger partial charge on any atom is 0.412 e. The third-order valence-corrected chi connectivity index (χ3v) is 11.7. The molecular formula is C37H39F2N7O6S. The molecule has 8 rings (SSSR count). The number of carboxylic acid groups (broad SMARTS) is 1. The molecule has 0 saturated carbocycles. The molecule has 2 bridgehead atoms. The van der Waals surface area contributed by atoms with Gasteiger partial charge in [0.15, 0.2) is 5.82 Å². The van der Waals surface area contributed by atoms with Crippen molar-refractivity contribution < 1.29 is 37.7 Å². The van der Waals surface area contributed by atoms with Gasteiger partial charge in [0.2, 0.25) is 0 Å². The highest BCUT2D eigenvalue weighted by Crippen LogP contribution is 2.49. The van der Waals surface area contributed by atoms with Gasteiger partial charge in [0.1, 0.15) is 40.4 Å². The number of nitrogens with zero attached hydrogens (tertiary/aromatic N) is 6. The number of hydrogen-bond acceptors (Lipinski definition) is 11. The number of amides is 2. The van der Waals surface area contributed by atoms with Crippen LogP contribution < -0.4 is 15.0 Å². The van der Waals surface area contributed by atoms with Crippen LogP contribution in [0.4, 0.5) is 29.2 Å². The molecule has 16 heteroatoms. The number of piperazine rings is 1. The van der Waals surface area contributed by atoms with Crippen molar-refractivity contribution >= 4 is 55.3 Å². The van der Waals surface area contributed by atoms with Crippen LogP contribution in [0.25, 0.3) is 32.1 Å². The van der Waals surface area contributed by atoms with Crippen molar-refractivity contribution in [2.75, 3.05) is 43.5 Å². The van der Waals surface area contributed by atoms with E-state index in [9.17, 15) is 20.0 Å². The number of carbonyl (C=O) groups excluding carboxylic acids is 1. The molecule has 278 valence electrons. The zero-order valence-electron chi connectivity index (χ0n) is 29.8. The normalized spacial score (nSPS) is 21.3. The molecule has 2 aromatic carbocycles. The van der Waals surface area contributed by atoms with Gasteiger partial charge in [-0.15, -0.1) is 11.3 Å². The Morgan fingerprint density at radius 1 is 1.09 bits per heavy atom. The highest BCUT2D eigenvalue weighted by molar-refractivity contribution is 7.23. The van der Waals surface area contributed by atoms with Gasteiger partial charge < -0.3 is 34.0 Å². The number of benzene rings is 2. The monoisotopic (exact) mass is 747 g/mol. The summed E-state index contributed by atoms with van der Waals surface area (Å²) in [4.78, 5) is 40.0. The molecule has 3 saturated heterocycles. The number of rotatable bonds is 6. The van der Waals surface area contributed by atoms with Gasteiger partial charge in [-0.3, -0.25) is 5.32 Å². The van der Waals surface area contributed by atoms with Gasteiger partial charge in [-0.05, 0) is 83.3 Å². The van der Waals surface area contributed by atoms with E-state index in [1.807, 2.05) is 7.05 Å². The summed E-state index contributed by atoms with van der Waals surface area (Å²) in [5.74, 6) is -1.15. The Morgan fingerprint density at radius 2 is 1.83 bits per heavy atom. The molecule has 3 atom stereocenters. The molecule has 13 nitrogen and oxygen atoms in total. The number of halogens is 2. The molecule has 6 heterocycles. The number of thiophene rings is 1.